The van der Waals surface area contributed by atoms with Gasteiger partial charge in [-0.2, -0.15) is 5.10 Å². The van der Waals surface area contributed by atoms with Gasteiger partial charge < -0.3 is 10.2 Å². The van der Waals surface area contributed by atoms with E-state index in [-0.39, 0.29) is 11.8 Å². The highest BCUT2D eigenvalue weighted by Crippen LogP contribution is 2.34. The molecule has 0 saturated carbocycles. The third-order valence-electron chi connectivity index (χ3n) is 5.58. The van der Waals surface area contributed by atoms with Crippen LogP contribution in [-0.4, -0.2) is 46.5 Å². The van der Waals surface area contributed by atoms with Crippen LogP contribution in [0.3, 0.4) is 0 Å². The molecule has 1 unspecified atom stereocenters. The van der Waals surface area contributed by atoms with Crippen molar-refractivity contribution in [3.63, 3.8) is 0 Å². The lowest BCUT2D eigenvalue weighted by Crippen LogP contribution is -2.39. The Labute approximate surface area is 160 Å². The van der Waals surface area contributed by atoms with Gasteiger partial charge in [0.05, 0.1) is 4.88 Å². The molecule has 2 aromatic heterocycles. The van der Waals surface area contributed by atoms with Crippen molar-refractivity contribution in [3.05, 3.63) is 52.2 Å². The number of benzene rings is 1. The van der Waals surface area contributed by atoms with Crippen LogP contribution in [0.5, 0.6) is 0 Å². The van der Waals surface area contributed by atoms with Gasteiger partial charge in [-0.25, -0.2) is 0 Å². The van der Waals surface area contributed by atoms with Crippen molar-refractivity contribution < 1.29 is 9.59 Å². The second kappa shape index (κ2) is 6.49. The van der Waals surface area contributed by atoms with Gasteiger partial charge in [0.1, 0.15) is 0 Å². The number of thiophene rings is 1. The predicted octanol–water partition coefficient (Wildman–Crippen LogP) is 2.93. The van der Waals surface area contributed by atoms with Crippen molar-refractivity contribution >= 4 is 33.2 Å². The third kappa shape index (κ3) is 2.82. The Morgan fingerprint density at radius 2 is 2.22 bits per heavy atom. The molecule has 4 heterocycles. The highest BCUT2D eigenvalue weighted by Gasteiger charge is 2.27. The molecule has 3 aromatic rings. The lowest BCUT2D eigenvalue weighted by molar-refractivity contribution is 0.0706. The van der Waals surface area contributed by atoms with Crippen LogP contribution in [0, 0.1) is 0 Å². The zero-order valence-electron chi connectivity index (χ0n) is 14.8. The Kier molecular flexibility index (Phi) is 3.97. The number of H-pyrrole nitrogens is 1. The lowest BCUT2D eigenvalue weighted by Gasteiger charge is -2.32. The fourth-order valence-corrected chi connectivity index (χ4v) is 5.33. The van der Waals surface area contributed by atoms with Crippen LogP contribution in [0.15, 0.2) is 30.5 Å². The minimum absolute atomic E-state index is 0.00348. The van der Waals surface area contributed by atoms with Crippen LogP contribution in [0.2, 0.25) is 0 Å². The van der Waals surface area contributed by atoms with Gasteiger partial charge in [0.2, 0.25) is 0 Å². The summed E-state index contributed by atoms with van der Waals surface area (Å²) < 4.78 is 1.07. The van der Waals surface area contributed by atoms with E-state index in [4.69, 9.17) is 0 Å². The maximum absolute atomic E-state index is 13.1. The summed E-state index contributed by atoms with van der Waals surface area (Å²) >= 11 is 1.51. The number of likely N-dealkylation sites (tertiary alicyclic amines) is 1. The molecule has 2 amide bonds. The summed E-state index contributed by atoms with van der Waals surface area (Å²) in [5, 5.41) is 11.0. The largest absolute Gasteiger partial charge is 0.351 e. The number of aromatic nitrogens is 2. The molecular weight excluding hydrogens is 360 g/mol. The summed E-state index contributed by atoms with van der Waals surface area (Å²) in [5.74, 6) is 0.386. The highest BCUT2D eigenvalue weighted by molar-refractivity contribution is 7.21. The van der Waals surface area contributed by atoms with E-state index in [1.54, 1.807) is 6.20 Å². The maximum atomic E-state index is 13.1. The molecule has 7 heteroatoms. The average molecular weight is 380 g/mol. The molecule has 1 saturated heterocycles. The number of carbonyl (C=O) groups is 2. The Morgan fingerprint density at radius 3 is 3.07 bits per heavy atom. The molecule has 1 fully saturated rings. The third-order valence-corrected chi connectivity index (χ3v) is 6.79. The standard InChI is InChI=1S/C20H20N4O2S/c25-19-18-14(5-7-21-19)15-10-12(3-4-17(15)27-18)20(26)24-9-1-2-13(11-24)16-6-8-22-23-16/h3-4,6,8,10,13H,1-2,5,7,9,11H2,(H,21,25)(H,22,23). The first-order chi connectivity index (χ1) is 13.2. The van der Waals surface area contributed by atoms with E-state index in [0.29, 0.717) is 24.6 Å². The number of rotatable bonds is 2. The smallest absolute Gasteiger partial charge is 0.261 e. The molecule has 27 heavy (non-hydrogen) atoms. The number of carbonyl (C=O) groups excluding carboxylic acids is 2. The minimum Gasteiger partial charge on any atom is -0.351 e. The van der Waals surface area contributed by atoms with Crippen LogP contribution in [0.4, 0.5) is 0 Å². The number of hydrogen-bond donors (Lipinski definition) is 2. The molecule has 0 radical (unpaired) electrons. The molecule has 0 bridgehead atoms. The van der Waals surface area contributed by atoms with Gasteiger partial charge in [-0.15, -0.1) is 11.3 Å². The van der Waals surface area contributed by atoms with E-state index in [9.17, 15) is 9.59 Å². The van der Waals surface area contributed by atoms with Crippen molar-refractivity contribution in [1.29, 1.82) is 0 Å². The van der Waals surface area contributed by atoms with Crippen LogP contribution < -0.4 is 5.32 Å². The fraction of sp³-hybridized carbons (Fsp3) is 0.350. The summed E-state index contributed by atoms with van der Waals surface area (Å²) in [4.78, 5) is 28.0. The molecule has 6 nitrogen and oxygen atoms in total. The summed E-state index contributed by atoms with van der Waals surface area (Å²) in [5.41, 5.74) is 2.89. The van der Waals surface area contributed by atoms with Crippen LogP contribution in [0.25, 0.3) is 10.1 Å². The highest BCUT2D eigenvalue weighted by atomic mass is 32.1. The average Bonchev–Trinajstić information content (AvgIpc) is 3.36. The summed E-state index contributed by atoms with van der Waals surface area (Å²) in [6.45, 7) is 2.16. The van der Waals surface area contributed by atoms with E-state index < -0.39 is 0 Å². The number of piperidine rings is 1. The molecule has 1 aromatic carbocycles. The van der Waals surface area contributed by atoms with Gasteiger partial charge in [0, 0.05) is 47.7 Å². The van der Waals surface area contributed by atoms with E-state index in [1.165, 1.54) is 11.3 Å². The Hall–Kier alpha value is -2.67. The molecule has 2 aliphatic heterocycles. The fourth-order valence-electron chi connectivity index (χ4n) is 4.19. The van der Waals surface area contributed by atoms with Crippen LogP contribution >= 0.6 is 11.3 Å². The number of amides is 2. The number of nitrogens with one attached hydrogen (secondary N) is 2. The summed E-state index contributed by atoms with van der Waals surface area (Å²) in [6, 6.07) is 7.85. The van der Waals surface area contributed by atoms with Crippen molar-refractivity contribution in [2.24, 2.45) is 0 Å². The van der Waals surface area contributed by atoms with E-state index >= 15 is 0 Å². The van der Waals surface area contributed by atoms with Gasteiger partial charge in [0.25, 0.3) is 11.8 Å². The van der Waals surface area contributed by atoms with Crippen molar-refractivity contribution in [2.45, 2.75) is 25.2 Å². The molecule has 2 aliphatic rings. The van der Waals surface area contributed by atoms with Crippen molar-refractivity contribution in [3.8, 4) is 0 Å². The zero-order chi connectivity index (χ0) is 18.4. The lowest BCUT2D eigenvalue weighted by atomic mass is 9.94. The van der Waals surface area contributed by atoms with Gasteiger partial charge in [-0.1, -0.05) is 0 Å². The molecule has 138 valence electrons. The van der Waals surface area contributed by atoms with E-state index in [1.807, 2.05) is 29.2 Å². The second-order valence-electron chi connectivity index (χ2n) is 7.23. The minimum atomic E-state index is 0.00348. The van der Waals surface area contributed by atoms with Crippen molar-refractivity contribution in [1.82, 2.24) is 20.4 Å². The SMILES string of the molecule is O=C1NCCc2c1sc1ccc(C(=O)N3CCCC(c4ccn[nH]4)C3)cc21. The first-order valence-electron chi connectivity index (χ1n) is 9.33. The van der Waals surface area contributed by atoms with Crippen LogP contribution in [0.1, 0.15) is 50.0 Å². The molecule has 5 rings (SSSR count). The Morgan fingerprint density at radius 1 is 1.30 bits per heavy atom. The number of nitrogens with zero attached hydrogens (tertiary/aromatic N) is 2. The van der Waals surface area contributed by atoms with Gasteiger partial charge in [0.15, 0.2) is 0 Å². The van der Waals surface area contributed by atoms with E-state index in [2.05, 4.69) is 15.5 Å². The van der Waals surface area contributed by atoms with Gasteiger partial charge >= 0.3 is 0 Å². The summed E-state index contributed by atoms with van der Waals surface area (Å²) in [7, 11) is 0. The molecular formula is C20H20N4O2S. The first kappa shape index (κ1) is 16.5. The predicted molar refractivity (Wildman–Crippen MR) is 104 cm³/mol. The van der Waals surface area contributed by atoms with Gasteiger partial charge in [-0.05, 0) is 54.5 Å². The Balaban J connectivity index is 1.44. The first-order valence-corrected chi connectivity index (χ1v) is 10.1. The normalized spacial score (nSPS) is 19.8. The summed E-state index contributed by atoms with van der Waals surface area (Å²) in [6.07, 6.45) is 4.65. The number of hydrogen-bond acceptors (Lipinski definition) is 4. The molecule has 2 N–H and O–H groups in total. The molecule has 0 aliphatic carbocycles. The monoisotopic (exact) mass is 380 g/mol. The zero-order valence-corrected chi connectivity index (χ0v) is 15.6. The molecule has 0 spiro atoms. The topological polar surface area (TPSA) is 78.1 Å². The van der Waals surface area contributed by atoms with E-state index in [0.717, 1.165) is 52.0 Å². The molecule has 1 atom stereocenters. The Bertz CT molecular complexity index is 1020. The maximum Gasteiger partial charge on any atom is 0.261 e. The quantitative estimate of drug-likeness (QED) is 0.718. The number of fused-ring (bicyclic) bond motifs is 3. The van der Waals surface area contributed by atoms with Crippen molar-refractivity contribution in [2.75, 3.05) is 19.6 Å². The second-order valence-corrected chi connectivity index (χ2v) is 8.28. The number of aromatic amines is 1. The van der Waals surface area contributed by atoms with Crippen LogP contribution in [-0.2, 0) is 6.42 Å². The van der Waals surface area contributed by atoms with Gasteiger partial charge in [-0.3, -0.25) is 14.7 Å².